The van der Waals surface area contributed by atoms with Gasteiger partial charge in [0, 0.05) is 30.4 Å². The maximum atomic E-state index is 12.6. The molecule has 3 rings (SSSR count). The minimum atomic E-state index is -0.0745. The first-order valence-electron chi connectivity index (χ1n) is 8.33. The van der Waals surface area contributed by atoms with E-state index in [0.29, 0.717) is 44.5 Å². The fourth-order valence-electron chi connectivity index (χ4n) is 2.66. The first-order chi connectivity index (χ1) is 12.1. The van der Waals surface area contributed by atoms with Crippen LogP contribution in [0.25, 0.3) is 0 Å². The van der Waals surface area contributed by atoms with Crippen molar-refractivity contribution in [2.24, 2.45) is 0 Å². The predicted molar refractivity (Wildman–Crippen MR) is 97.1 cm³/mol. The highest BCUT2D eigenvalue weighted by Crippen LogP contribution is 2.12. The second-order valence-electron chi connectivity index (χ2n) is 5.93. The largest absolute Gasteiger partial charge is 0.378 e. The third-order valence-corrected chi connectivity index (χ3v) is 4.23. The molecule has 132 valence electrons. The minimum Gasteiger partial charge on any atom is -0.378 e. The van der Waals surface area contributed by atoms with Crippen LogP contribution in [-0.4, -0.2) is 53.6 Å². The van der Waals surface area contributed by atoms with Crippen molar-refractivity contribution in [2.75, 3.05) is 38.2 Å². The SMILES string of the molecule is Cc1cc(C(=O)N2CCOCC2)nc(NCCc2ccc(Cl)cc2)n1. The van der Waals surface area contributed by atoms with Gasteiger partial charge in [0.05, 0.1) is 13.2 Å². The average Bonchev–Trinajstić information content (AvgIpc) is 2.63. The molecular formula is C18H21ClN4O2. The summed E-state index contributed by atoms with van der Waals surface area (Å²) in [5.74, 6) is 0.403. The van der Waals surface area contributed by atoms with Gasteiger partial charge in [0.2, 0.25) is 5.95 Å². The van der Waals surface area contributed by atoms with Gasteiger partial charge in [-0.3, -0.25) is 4.79 Å². The van der Waals surface area contributed by atoms with Gasteiger partial charge >= 0.3 is 0 Å². The van der Waals surface area contributed by atoms with E-state index in [1.165, 1.54) is 5.56 Å². The summed E-state index contributed by atoms with van der Waals surface area (Å²) in [5, 5.41) is 3.92. The maximum Gasteiger partial charge on any atom is 0.272 e. The molecule has 0 saturated carbocycles. The van der Waals surface area contributed by atoms with Gasteiger partial charge < -0.3 is 15.0 Å². The van der Waals surface area contributed by atoms with E-state index in [-0.39, 0.29) is 5.91 Å². The zero-order chi connectivity index (χ0) is 17.6. The molecule has 1 amide bonds. The average molecular weight is 361 g/mol. The van der Waals surface area contributed by atoms with Crippen LogP contribution in [0.15, 0.2) is 30.3 Å². The molecule has 25 heavy (non-hydrogen) atoms. The van der Waals surface area contributed by atoms with E-state index in [2.05, 4.69) is 15.3 Å². The molecule has 0 spiro atoms. The molecule has 1 saturated heterocycles. The Kier molecular flexibility index (Phi) is 5.83. The number of carbonyl (C=O) groups excluding carboxylic acids is 1. The summed E-state index contributed by atoms with van der Waals surface area (Å²) in [6.45, 7) is 4.88. The van der Waals surface area contributed by atoms with E-state index in [9.17, 15) is 4.79 Å². The van der Waals surface area contributed by atoms with Gasteiger partial charge in [-0.1, -0.05) is 23.7 Å². The highest BCUT2D eigenvalue weighted by atomic mass is 35.5. The number of rotatable bonds is 5. The van der Waals surface area contributed by atoms with E-state index < -0.39 is 0 Å². The van der Waals surface area contributed by atoms with Gasteiger partial charge in [-0.05, 0) is 37.1 Å². The summed E-state index contributed by atoms with van der Waals surface area (Å²) in [4.78, 5) is 23.1. The molecular weight excluding hydrogens is 340 g/mol. The van der Waals surface area contributed by atoms with E-state index in [4.69, 9.17) is 16.3 Å². The van der Waals surface area contributed by atoms with Crippen molar-refractivity contribution in [3.05, 3.63) is 52.3 Å². The molecule has 0 unspecified atom stereocenters. The Hall–Kier alpha value is -2.18. The molecule has 1 aliphatic heterocycles. The molecule has 1 N–H and O–H groups in total. The molecule has 0 atom stereocenters. The molecule has 6 nitrogen and oxygen atoms in total. The number of ether oxygens (including phenoxy) is 1. The Morgan fingerprint density at radius 2 is 1.96 bits per heavy atom. The van der Waals surface area contributed by atoms with Crippen molar-refractivity contribution < 1.29 is 9.53 Å². The Bertz CT molecular complexity index is 730. The van der Waals surface area contributed by atoms with E-state index >= 15 is 0 Å². The predicted octanol–water partition coefficient (Wildman–Crippen LogP) is 2.57. The summed E-state index contributed by atoms with van der Waals surface area (Å²) in [5.41, 5.74) is 2.36. The van der Waals surface area contributed by atoms with Crippen LogP contribution in [0.5, 0.6) is 0 Å². The Labute approximate surface area is 152 Å². The van der Waals surface area contributed by atoms with Crippen molar-refractivity contribution >= 4 is 23.5 Å². The van der Waals surface area contributed by atoms with Crippen molar-refractivity contribution in [3.8, 4) is 0 Å². The number of hydrogen-bond acceptors (Lipinski definition) is 5. The minimum absolute atomic E-state index is 0.0745. The zero-order valence-corrected chi connectivity index (χ0v) is 14.9. The van der Waals surface area contributed by atoms with Crippen molar-refractivity contribution in [2.45, 2.75) is 13.3 Å². The summed E-state index contributed by atoms with van der Waals surface area (Å²) in [7, 11) is 0. The summed E-state index contributed by atoms with van der Waals surface area (Å²) in [6.07, 6.45) is 0.821. The number of aromatic nitrogens is 2. The normalized spacial score (nSPS) is 14.4. The lowest BCUT2D eigenvalue weighted by atomic mass is 10.1. The van der Waals surface area contributed by atoms with Crippen LogP contribution in [0.1, 0.15) is 21.7 Å². The van der Waals surface area contributed by atoms with Crippen molar-refractivity contribution in [3.63, 3.8) is 0 Å². The van der Waals surface area contributed by atoms with Crippen LogP contribution in [0, 0.1) is 6.92 Å². The lowest BCUT2D eigenvalue weighted by Crippen LogP contribution is -2.41. The van der Waals surface area contributed by atoms with Gasteiger partial charge in [0.1, 0.15) is 5.69 Å². The topological polar surface area (TPSA) is 67.4 Å². The lowest BCUT2D eigenvalue weighted by Gasteiger charge is -2.26. The number of nitrogens with one attached hydrogen (secondary N) is 1. The molecule has 1 fully saturated rings. The van der Waals surface area contributed by atoms with E-state index in [0.717, 1.165) is 17.1 Å². The molecule has 1 aromatic carbocycles. The molecule has 2 heterocycles. The summed E-state index contributed by atoms with van der Waals surface area (Å²) < 4.78 is 5.29. The van der Waals surface area contributed by atoms with Crippen LogP contribution < -0.4 is 5.32 Å². The van der Waals surface area contributed by atoms with E-state index in [1.807, 2.05) is 31.2 Å². The second-order valence-corrected chi connectivity index (χ2v) is 6.36. The molecule has 0 aliphatic carbocycles. The van der Waals surface area contributed by atoms with Crippen LogP contribution in [-0.2, 0) is 11.2 Å². The number of carbonyl (C=O) groups is 1. The molecule has 0 bridgehead atoms. The van der Waals surface area contributed by atoms with Crippen LogP contribution >= 0.6 is 11.6 Å². The number of nitrogens with zero attached hydrogens (tertiary/aromatic N) is 3. The summed E-state index contributed by atoms with van der Waals surface area (Å²) in [6, 6.07) is 9.46. The third kappa shape index (κ3) is 4.90. The molecule has 2 aromatic rings. The molecule has 7 heteroatoms. The second kappa shape index (κ2) is 8.27. The van der Waals surface area contributed by atoms with Crippen LogP contribution in [0.4, 0.5) is 5.95 Å². The molecule has 0 radical (unpaired) electrons. The number of morpholine rings is 1. The highest BCUT2D eigenvalue weighted by molar-refractivity contribution is 6.30. The van der Waals surface area contributed by atoms with Gasteiger partial charge in [0.25, 0.3) is 5.91 Å². The van der Waals surface area contributed by atoms with Crippen LogP contribution in [0.3, 0.4) is 0 Å². The number of aryl methyl sites for hydroxylation is 1. The number of benzene rings is 1. The van der Waals surface area contributed by atoms with Gasteiger partial charge in [-0.25, -0.2) is 9.97 Å². The smallest absolute Gasteiger partial charge is 0.272 e. The zero-order valence-electron chi connectivity index (χ0n) is 14.2. The monoisotopic (exact) mass is 360 g/mol. The van der Waals surface area contributed by atoms with Gasteiger partial charge in [-0.2, -0.15) is 0 Å². The fourth-order valence-corrected chi connectivity index (χ4v) is 2.78. The number of anilines is 1. The Morgan fingerprint density at radius 1 is 1.24 bits per heavy atom. The Morgan fingerprint density at radius 3 is 2.68 bits per heavy atom. The molecule has 1 aliphatic rings. The van der Waals surface area contributed by atoms with Gasteiger partial charge in [-0.15, -0.1) is 0 Å². The number of amides is 1. The third-order valence-electron chi connectivity index (χ3n) is 3.98. The van der Waals surface area contributed by atoms with Crippen molar-refractivity contribution in [1.82, 2.24) is 14.9 Å². The number of halogens is 1. The number of hydrogen-bond donors (Lipinski definition) is 1. The standard InChI is InChI=1S/C18H21ClN4O2/c1-13-12-16(17(24)23-8-10-25-11-9-23)22-18(21-13)20-7-6-14-2-4-15(19)5-3-14/h2-5,12H,6-11H2,1H3,(H,20,21,22). The first-order valence-corrected chi connectivity index (χ1v) is 8.70. The van der Waals surface area contributed by atoms with E-state index in [1.54, 1.807) is 11.0 Å². The highest BCUT2D eigenvalue weighted by Gasteiger charge is 2.20. The van der Waals surface area contributed by atoms with Crippen LogP contribution in [0.2, 0.25) is 5.02 Å². The summed E-state index contributed by atoms with van der Waals surface area (Å²) >= 11 is 5.89. The fraction of sp³-hybridized carbons (Fsp3) is 0.389. The molecule has 1 aromatic heterocycles. The van der Waals surface area contributed by atoms with Gasteiger partial charge in [0.15, 0.2) is 0 Å². The van der Waals surface area contributed by atoms with Crippen molar-refractivity contribution in [1.29, 1.82) is 0 Å². The lowest BCUT2D eigenvalue weighted by molar-refractivity contribution is 0.0299. The quantitative estimate of drug-likeness (QED) is 0.887. The first kappa shape index (κ1) is 17.6. The maximum absolute atomic E-state index is 12.6. The Balaban J connectivity index is 1.62.